The number of rotatable bonds is 3. The molecule has 30 heavy (non-hydrogen) atoms. The third-order valence-electron chi connectivity index (χ3n) is 5.82. The van der Waals surface area contributed by atoms with E-state index in [1.165, 1.54) is 4.68 Å². The summed E-state index contributed by atoms with van der Waals surface area (Å²) in [7, 11) is 0. The van der Waals surface area contributed by atoms with Crippen molar-refractivity contribution in [3.8, 4) is 0 Å². The third-order valence-corrected chi connectivity index (χ3v) is 5.82. The molecule has 2 N–H and O–H groups in total. The number of carbonyl (C=O) groups excluding carboxylic acids is 1. The van der Waals surface area contributed by atoms with Crippen LogP contribution in [-0.4, -0.2) is 50.8 Å². The highest BCUT2D eigenvalue weighted by molar-refractivity contribution is 6.24. The van der Waals surface area contributed by atoms with Crippen molar-refractivity contribution in [3.05, 3.63) is 59.4 Å². The van der Waals surface area contributed by atoms with Crippen LogP contribution >= 0.6 is 0 Å². The van der Waals surface area contributed by atoms with E-state index in [0.29, 0.717) is 12.0 Å². The summed E-state index contributed by atoms with van der Waals surface area (Å²) in [6.07, 6.45) is 2.30. The summed E-state index contributed by atoms with van der Waals surface area (Å²) in [6.45, 7) is -0.793. The van der Waals surface area contributed by atoms with Crippen LogP contribution in [0.3, 0.4) is 0 Å². The molecule has 2 aliphatic heterocycles. The molecule has 0 radical (unpaired) electrons. The highest BCUT2D eigenvalue weighted by atomic mass is 19.3. The van der Waals surface area contributed by atoms with Gasteiger partial charge in [0.15, 0.2) is 0 Å². The summed E-state index contributed by atoms with van der Waals surface area (Å²) in [6, 6.07) is 8.14. The summed E-state index contributed by atoms with van der Waals surface area (Å²) in [5.41, 5.74) is 3.14. The third kappa shape index (κ3) is 2.89. The minimum atomic E-state index is -3.20. The summed E-state index contributed by atoms with van der Waals surface area (Å²) in [5.74, 6) is -3.33. The van der Waals surface area contributed by atoms with Crippen molar-refractivity contribution >= 4 is 28.5 Å². The lowest BCUT2D eigenvalue weighted by atomic mass is 9.97. The molecule has 0 spiro atoms. The second-order valence-electron chi connectivity index (χ2n) is 7.73. The summed E-state index contributed by atoms with van der Waals surface area (Å²) >= 11 is 0. The fourth-order valence-electron chi connectivity index (χ4n) is 4.38. The van der Waals surface area contributed by atoms with Crippen molar-refractivity contribution in [2.45, 2.75) is 24.8 Å². The molecular formula is C21H18F2N4O3. The zero-order valence-corrected chi connectivity index (χ0v) is 15.8. The number of alkyl halides is 2. The quantitative estimate of drug-likeness (QED) is 0.686. The van der Waals surface area contributed by atoms with E-state index in [9.17, 15) is 18.4 Å². The monoisotopic (exact) mass is 412 g/mol. The maximum Gasteiger partial charge on any atom is 0.407 e. The van der Waals surface area contributed by atoms with Crippen LogP contribution in [-0.2, 0) is 6.42 Å². The van der Waals surface area contributed by atoms with Crippen molar-refractivity contribution in [2.75, 3.05) is 18.4 Å². The zero-order chi connectivity index (χ0) is 21.0. The Kier molecular flexibility index (Phi) is 4.02. The zero-order valence-electron chi connectivity index (χ0n) is 15.8. The number of hydrogen-bond donors (Lipinski definition) is 2. The summed E-state index contributed by atoms with van der Waals surface area (Å²) < 4.78 is 30.3. The minimum Gasteiger partial charge on any atom is -0.465 e. The Morgan fingerprint density at radius 2 is 2.13 bits per heavy atom. The topological polar surface area (TPSA) is 87.5 Å². The molecule has 0 saturated carbocycles. The van der Waals surface area contributed by atoms with Crippen molar-refractivity contribution in [1.29, 1.82) is 0 Å². The van der Waals surface area contributed by atoms with Crippen molar-refractivity contribution < 1.29 is 23.5 Å². The van der Waals surface area contributed by atoms with Gasteiger partial charge < -0.3 is 15.3 Å². The van der Waals surface area contributed by atoms with E-state index in [1.807, 2.05) is 24.3 Å². The second kappa shape index (κ2) is 6.51. The predicted molar refractivity (Wildman–Crippen MR) is 105 cm³/mol. The largest absolute Gasteiger partial charge is 0.465 e. The molecule has 0 bridgehead atoms. The van der Waals surface area contributed by atoms with Crippen molar-refractivity contribution in [3.63, 3.8) is 0 Å². The minimum absolute atomic E-state index is 0.00477. The average Bonchev–Trinajstić information content (AvgIpc) is 3.29. The maximum absolute atomic E-state index is 14.5. The SMILES string of the molecule is O=C1Nc2ccc(Cc3cnn(C4CCN(C(=O)O)CC4(F)F)c3)c3cccc1c23. The van der Waals surface area contributed by atoms with Gasteiger partial charge in [-0.25, -0.2) is 13.6 Å². The van der Waals surface area contributed by atoms with E-state index >= 15 is 0 Å². The molecule has 9 heteroatoms. The van der Waals surface area contributed by atoms with Gasteiger partial charge in [0.05, 0.1) is 12.7 Å². The first-order valence-electron chi connectivity index (χ1n) is 9.58. The molecule has 2 aliphatic rings. The molecule has 1 fully saturated rings. The first-order valence-corrected chi connectivity index (χ1v) is 9.58. The van der Waals surface area contributed by atoms with E-state index in [-0.39, 0.29) is 18.9 Å². The van der Waals surface area contributed by atoms with Gasteiger partial charge in [-0.2, -0.15) is 5.10 Å². The number of piperidine rings is 1. The molecule has 0 aliphatic carbocycles. The predicted octanol–water partition coefficient (Wildman–Crippen LogP) is 3.75. The van der Waals surface area contributed by atoms with E-state index in [1.54, 1.807) is 18.5 Å². The first kappa shape index (κ1) is 18.5. The van der Waals surface area contributed by atoms with Crippen LogP contribution in [0.4, 0.5) is 19.3 Å². The Labute approximate surface area is 169 Å². The molecule has 2 aromatic carbocycles. The second-order valence-corrected chi connectivity index (χ2v) is 7.73. The Balaban J connectivity index is 1.42. The number of likely N-dealkylation sites (tertiary alicyclic amines) is 1. The van der Waals surface area contributed by atoms with Gasteiger partial charge in [-0.15, -0.1) is 0 Å². The van der Waals surface area contributed by atoms with E-state index in [0.717, 1.165) is 32.5 Å². The first-order chi connectivity index (χ1) is 14.3. The molecule has 3 aromatic rings. The summed E-state index contributed by atoms with van der Waals surface area (Å²) in [4.78, 5) is 23.8. The molecule has 1 atom stereocenters. The number of benzene rings is 2. The highest BCUT2D eigenvalue weighted by Crippen LogP contribution is 2.38. The molecule has 5 rings (SSSR count). The molecule has 1 aromatic heterocycles. The Morgan fingerprint density at radius 1 is 1.30 bits per heavy atom. The van der Waals surface area contributed by atoms with Crippen LogP contribution in [0.1, 0.15) is 33.9 Å². The molecule has 2 amide bonds. The Morgan fingerprint density at radius 3 is 2.90 bits per heavy atom. The molecule has 154 valence electrons. The number of carbonyl (C=O) groups is 2. The van der Waals surface area contributed by atoms with Gasteiger partial charge >= 0.3 is 6.09 Å². The number of amides is 2. The van der Waals surface area contributed by atoms with E-state index in [4.69, 9.17) is 5.11 Å². The van der Waals surface area contributed by atoms with E-state index in [2.05, 4.69) is 10.4 Å². The van der Waals surface area contributed by atoms with Gasteiger partial charge in [0, 0.05) is 35.8 Å². The van der Waals surface area contributed by atoms with Crippen molar-refractivity contribution in [1.82, 2.24) is 14.7 Å². The van der Waals surface area contributed by atoms with Crippen LogP contribution in [0.25, 0.3) is 10.8 Å². The Hall–Kier alpha value is -3.49. The molecule has 1 saturated heterocycles. The fourth-order valence-corrected chi connectivity index (χ4v) is 4.38. The number of hydrogen-bond acceptors (Lipinski definition) is 3. The van der Waals surface area contributed by atoms with Gasteiger partial charge in [-0.05, 0) is 35.1 Å². The smallest absolute Gasteiger partial charge is 0.407 e. The lowest BCUT2D eigenvalue weighted by Gasteiger charge is -2.36. The standard InChI is InChI=1S/C21H18F2N4O3/c22-21(23)11-26(20(29)30)7-6-17(21)27-10-12(9-24-27)8-13-4-5-16-18-14(13)2-1-3-15(18)19(28)25-16/h1-5,9-10,17H,6-8,11H2,(H,25,28)(H,29,30). The van der Waals surface area contributed by atoms with Crippen LogP contribution in [0.5, 0.6) is 0 Å². The Bertz CT molecular complexity index is 1190. The number of aromatic nitrogens is 2. The normalized spacial score (nSPS) is 19.9. The lowest BCUT2D eigenvalue weighted by molar-refractivity contribution is -0.100. The van der Waals surface area contributed by atoms with Gasteiger partial charge in [0.2, 0.25) is 0 Å². The lowest BCUT2D eigenvalue weighted by Crippen LogP contribution is -2.51. The maximum atomic E-state index is 14.5. The average molecular weight is 412 g/mol. The van der Waals surface area contributed by atoms with Gasteiger partial charge in [0.25, 0.3) is 11.8 Å². The fraction of sp³-hybridized carbons (Fsp3) is 0.286. The molecule has 7 nitrogen and oxygen atoms in total. The van der Waals surface area contributed by atoms with Crippen LogP contribution in [0, 0.1) is 0 Å². The number of nitrogens with one attached hydrogen (secondary N) is 1. The summed E-state index contributed by atoms with van der Waals surface area (Å²) in [5, 5.41) is 17.8. The number of carboxylic acid groups (broad SMARTS) is 1. The van der Waals surface area contributed by atoms with Gasteiger partial charge in [0.1, 0.15) is 6.04 Å². The molecule has 1 unspecified atom stereocenters. The molecule has 3 heterocycles. The van der Waals surface area contributed by atoms with Crippen LogP contribution < -0.4 is 5.32 Å². The van der Waals surface area contributed by atoms with E-state index < -0.39 is 24.6 Å². The van der Waals surface area contributed by atoms with Crippen molar-refractivity contribution in [2.24, 2.45) is 0 Å². The van der Waals surface area contributed by atoms with Crippen LogP contribution in [0.2, 0.25) is 0 Å². The highest BCUT2D eigenvalue weighted by Gasteiger charge is 2.47. The van der Waals surface area contributed by atoms with Crippen LogP contribution in [0.15, 0.2) is 42.7 Å². The number of halogens is 2. The van der Waals surface area contributed by atoms with Gasteiger partial charge in [-0.3, -0.25) is 9.48 Å². The molecular weight excluding hydrogens is 394 g/mol. The number of nitrogens with zero attached hydrogens (tertiary/aromatic N) is 3. The van der Waals surface area contributed by atoms with Gasteiger partial charge in [-0.1, -0.05) is 18.2 Å². The number of anilines is 1.